The third-order valence-electron chi connectivity index (χ3n) is 4.44. The van der Waals surface area contributed by atoms with Gasteiger partial charge in [-0.15, -0.1) is 0 Å². The first kappa shape index (κ1) is 16.5. The third-order valence-corrected chi connectivity index (χ3v) is 4.75. The number of aryl methyl sites for hydroxylation is 1. The van der Waals surface area contributed by atoms with Gasteiger partial charge in [0.05, 0.1) is 11.6 Å². The average Bonchev–Trinajstić information content (AvgIpc) is 2.98. The predicted octanol–water partition coefficient (Wildman–Crippen LogP) is 2.14. The van der Waals surface area contributed by atoms with E-state index in [4.69, 9.17) is 25.7 Å². The Morgan fingerprint density at radius 1 is 1.16 bits per heavy atom. The normalized spacial score (nSPS) is 15.2. The van der Waals surface area contributed by atoms with E-state index in [1.165, 1.54) is 0 Å². The number of ether oxygens (including phenoxy) is 2. The van der Waals surface area contributed by atoms with Crippen molar-refractivity contribution in [2.24, 2.45) is 0 Å². The summed E-state index contributed by atoms with van der Waals surface area (Å²) in [6.07, 6.45) is 0.886. The molecule has 25 heavy (non-hydrogen) atoms. The molecule has 4 rings (SSSR count). The van der Waals surface area contributed by atoms with Crippen LogP contribution < -0.4 is 14.9 Å². The molecule has 0 bridgehead atoms. The Hall–Kier alpha value is -2.02. The van der Waals surface area contributed by atoms with Crippen LogP contribution in [0.15, 0.2) is 30.3 Å². The monoisotopic (exact) mass is 358 g/mol. The molecule has 1 N–H and O–H groups in total. The number of carbonyl (C=O) groups is 1. The Morgan fingerprint density at radius 2 is 1.96 bits per heavy atom. The zero-order chi connectivity index (χ0) is 17.4. The van der Waals surface area contributed by atoms with Crippen LogP contribution in [0.4, 0.5) is 0 Å². The molecule has 0 fully saturated rings. The summed E-state index contributed by atoms with van der Waals surface area (Å²) >= 11 is 6.23. The average molecular weight is 359 g/mol. The van der Waals surface area contributed by atoms with E-state index in [-0.39, 0.29) is 5.78 Å². The van der Waals surface area contributed by atoms with Crippen molar-refractivity contribution >= 4 is 30.0 Å². The maximum atomic E-state index is 12.6. The van der Waals surface area contributed by atoms with Gasteiger partial charge in [-0.2, -0.15) is 0 Å². The van der Waals surface area contributed by atoms with Gasteiger partial charge in [-0.3, -0.25) is 4.79 Å². The van der Waals surface area contributed by atoms with Gasteiger partial charge in [0.15, 0.2) is 17.3 Å². The van der Waals surface area contributed by atoms with Gasteiger partial charge in [0.1, 0.15) is 13.2 Å². The first-order valence-corrected chi connectivity index (χ1v) is 8.53. The van der Waals surface area contributed by atoms with E-state index in [0.29, 0.717) is 54.5 Å². The van der Waals surface area contributed by atoms with Gasteiger partial charge in [-0.1, -0.05) is 17.7 Å². The van der Waals surface area contributed by atoms with Crippen molar-refractivity contribution in [2.45, 2.75) is 19.4 Å². The largest absolute Gasteiger partial charge is 0.491 e. The van der Waals surface area contributed by atoms with Gasteiger partial charge >= 0.3 is 7.12 Å². The lowest BCUT2D eigenvalue weighted by Crippen LogP contribution is -2.29. The Kier molecular flexibility index (Phi) is 4.42. The molecule has 0 saturated carbocycles. The molecule has 0 aliphatic carbocycles. The fourth-order valence-corrected chi connectivity index (χ4v) is 3.39. The maximum Gasteiger partial charge on any atom is 0.491 e. The maximum absolute atomic E-state index is 12.6. The van der Waals surface area contributed by atoms with E-state index >= 15 is 0 Å². The zero-order valence-electron chi connectivity index (χ0n) is 13.5. The summed E-state index contributed by atoms with van der Waals surface area (Å²) in [6, 6.07) is 9.04. The van der Waals surface area contributed by atoms with Crippen molar-refractivity contribution in [1.29, 1.82) is 0 Å². The van der Waals surface area contributed by atoms with Crippen molar-refractivity contribution in [1.82, 2.24) is 0 Å². The van der Waals surface area contributed by atoms with Crippen molar-refractivity contribution in [2.75, 3.05) is 13.2 Å². The summed E-state index contributed by atoms with van der Waals surface area (Å²) in [6.45, 7) is 1.39. The number of ketones is 1. The van der Waals surface area contributed by atoms with Crippen LogP contribution in [0.3, 0.4) is 0 Å². The van der Waals surface area contributed by atoms with E-state index in [1.807, 2.05) is 18.2 Å². The number of carbonyl (C=O) groups excluding carboxylic acids is 1. The summed E-state index contributed by atoms with van der Waals surface area (Å²) in [5.41, 5.74) is 2.86. The molecule has 0 aromatic heterocycles. The molecule has 5 nitrogen and oxygen atoms in total. The van der Waals surface area contributed by atoms with Gasteiger partial charge in [0.2, 0.25) is 0 Å². The van der Waals surface area contributed by atoms with E-state index in [0.717, 1.165) is 16.9 Å². The van der Waals surface area contributed by atoms with Crippen LogP contribution in [0.5, 0.6) is 11.5 Å². The number of halogens is 1. The van der Waals surface area contributed by atoms with Crippen LogP contribution in [-0.4, -0.2) is 31.1 Å². The molecule has 0 radical (unpaired) electrons. The Balaban J connectivity index is 1.48. The number of benzene rings is 2. The van der Waals surface area contributed by atoms with E-state index in [2.05, 4.69) is 0 Å². The lowest BCUT2D eigenvalue weighted by Gasteiger charge is -2.18. The Labute approximate surface area is 150 Å². The first-order valence-electron chi connectivity index (χ1n) is 8.15. The Bertz CT molecular complexity index is 838. The lowest BCUT2D eigenvalue weighted by molar-refractivity contribution is 0.0983. The van der Waals surface area contributed by atoms with E-state index in [1.54, 1.807) is 12.1 Å². The molecular formula is C18H16BClO5. The minimum Gasteiger partial charge on any atom is -0.486 e. The molecule has 2 aromatic carbocycles. The van der Waals surface area contributed by atoms with Crippen LogP contribution in [-0.2, 0) is 17.7 Å². The second-order valence-corrected chi connectivity index (χ2v) is 6.50. The molecule has 2 heterocycles. The van der Waals surface area contributed by atoms with Crippen molar-refractivity contribution in [3.8, 4) is 11.5 Å². The summed E-state index contributed by atoms with van der Waals surface area (Å²) in [5, 5.41) is 10.2. The van der Waals surface area contributed by atoms with Crippen molar-refractivity contribution < 1.29 is 23.9 Å². The molecule has 0 unspecified atom stereocenters. The summed E-state index contributed by atoms with van der Waals surface area (Å²) < 4.78 is 16.2. The van der Waals surface area contributed by atoms with Gasteiger partial charge in [-0.05, 0) is 47.3 Å². The molecule has 7 heteroatoms. The second kappa shape index (κ2) is 6.71. The van der Waals surface area contributed by atoms with Crippen LogP contribution in [0, 0.1) is 0 Å². The van der Waals surface area contributed by atoms with Crippen molar-refractivity contribution in [3.63, 3.8) is 0 Å². The number of Topliss-reactive ketones (excluding diaryl/α,β-unsaturated/α-hetero) is 1. The molecule has 0 spiro atoms. The highest BCUT2D eigenvalue weighted by molar-refractivity contribution is 6.61. The fraction of sp³-hybridized carbons (Fsp3) is 0.278. The topological polar surface area (TPSA) is 65.0 Å². The van der Waals surface area contributed by atoms with Crippen LogP contribution >= 0.6 is 11.6 Å². The van der Waals surface area contributed by atoms with Crippen LogP contribution in [0.25, 0.3) is 0 Å². The molecule has 128 valence electrons. The van der Waals surface area contributed by atoms with E-state index < -0.39 is 7.12 Å². The minimum atomic E-state index is -0.989. The van der Waals surface area contributed by atoms with Crippen LogP contribution in [0.2, 0.25) is 5.02 Å². The zero-order valence-corrected chi connectivity index (χ0v) is 14.2. The number of hydrogen-bond acceptors (Lipinski definition) is 5. The molecule has 2 aromatic rings. The SMILES string of the molecule is O=C(CCc1ccc2c(c1)OCCO2)c1cc2c(cc1Cl)COB2O. The third kappa shape index (κ3) is 3.25. The lowest BCUT2D eigenvalue weighted by atomic mass is 9.78. The van der Waals surface area contributed by atoms with Crippen LogP contribution in [0.1, 0.15) is 27.9 Å². The predicted molar refractivity (Wildman–Crippen MR) is 93.9 cm³/mol. The molecular weight excluding hydrogens is 342 g/mol. The molecule has 0 saturated heterocycles. The minimum absolute atomic E-state index is 0.0678. The second-order valence-electron chi connectivity index (χ2n) is 6.10. The standard InChI is InChI=1S/C18H16BClO5/c20-15-8-12-10-25-19(22)14(12)9-13(15)16(21)3-1-11-2-4-17-18(7-11)24-6-5-23-17/h2,4,7-9,22H,1,3,5-6,10H2. The quantitative estimate of drug-likeness (QED) is 0.670. The number of fused-ring (bicyclic) bond motifs is 2. The van der Waals surface area contributed by atoms with Crippen molar-refractivity contribution in [3.05, 3.63) is 52.0 Å². The highest BCUT2D eigenvalue weighted by Gasteiger charge is 2.29. The molecule has 0 amide bonds. The molecule has 2 aliphatic rings. The van der Waals surface area contributed by atoms with Gasteiger partial charge < -0.3 is 19.2 Å². The molecule has 2 aliphatic heterocycles. The smallest absolute Gasteiger partial charge is 0.486 e. The van der Waals surface area contributed by atoms with Gasteiger partial charge in [0, 0.05) is 12.0 Å². The van der Waals surface area contributed by atoms with E-state index in [9.17, 15) is 9.82 Å². The highest BCUT2D eigenvalue weighted by atomic mass is 35.5. The van der Waals surface area contributed by atoms with Gasteiger partial charge in [0.25, 0.3) is 0 Å². The van der Waals surface area contributed by atoms with Gasteiger partial charge in [-0.25, -0.2) is 0 Å². The summed E-state index contributed by atoms with van der Waals surface area (Å²) in [7, 11) is -0.989. The molecule has 0 atom stereocenters. The number of hydrogen-bond donors (Lipinski definition) is 1. The summed E-state index contributed by atoms with van der Waals surface area (Å²) in [4.78, 5) is 12.6. The summed E-state index contributed by atoms with van der Waals surface area (Å²) in [5.74, 6) is 1.38. The highest BCUT2D eigenvalue weighted by Crippen LogP contribution is 2.31. The number of rotatable bonds is 4. The Morgan fingerprint density at radius 3 is 2.80 bits per heavy atom. The fourth-order valence-electron chi connectivity index (χ4n) is 3.09. The first-order chi connectivity index (χ1) is 12.1.